The number of carbonyl (C=O) groups is 1. The van der Waals surface area contributed by atoms with E-state index in [2.05, 4.69) is 30.8 Å². The number of likely N-dealkylation sites (tertiary alicyclic amines) is 1. The maximum absolute atomic E-state index is 14.7. The molecule has 1 aliphatic heterocycles. The van der Waals surface area contributed by atoms with Gasteiger partial charge in [-0.15, -0.1) is 6.58 Å². The van der Waals surface area contributed by atoms with Crippen molar-refractivity contribution in [2.24, 2.45) is 11.3 Å². The Bertz CT molecular complexity index is 1320. The molecule has 0 aromatic heterocycles. The van der Waals surface area contributed by atoms with Crippen molar-refractivity contribution in [3.8, 4) is 0 Å². The number of carbonyl (C=O) groups excluding carboxylic acids is 1. The molecule has 0 radical (unpaired) electrons. The highest BCUT2D eigenvalue weighted by Gasteiger charge is 2.80. The summed E-state index contributed by atoms with van der Waals surface area (Å²) in [4.78, 5) is 16.3. The number of allylic oxidation sites excluding steroid dienone is 1. The second-order valence-electron chi connectivity index (χ2n) is 10.6. The summed E-state index contributed by atoms with van der Waals surface area (Å²) in [5.41, 5.74) is 1.65. The molecule has 1 fully saturated rings. The van der Waals surface area contributed by atoms with Gasteiger partial charge in [0.05, 0.1) is 23.5 Å². The molecule has 0 saturated carbocycles. The van der Waals surface area contributed by atoms with Gasteiger partial charge < -0.3 is 19.5 Å². The molecule has 2 bridgehead atoms. The van der Waals surface area contributed by atoms with Crippen molar-refractivity contribution in [3.05, 3.63) is 119 Å². The lowest BCUT2D eigenvalue weighted by molar-refractivity contribution is -0.169. The first-order valence-corrected chi connectivity index (χ1v) is 12.8. The summed E-state index contributed by atoms with van der Waals surface area (Å²) in [6.07, 6.45) is 1.80. The second kappa shape index (κ2) is 8.38. The van der Waals surface area contributed by atoms with Gasteiger partial charge in [0.25, 0.3) is 0 Å². The number of hydrogen-bond acceptors (Lipinski definition) is 4. The van der Waals surface area contributed by atoms with E-state index in [0.29, 0.717) is 18.6 Å². The normalized spacial score (nSPS) is 32.0. The molecule has 1 saturated heterocycles. The molecule has 4 aliphatic rings. The Hall–Kier alpha value is -3.25. The van der Waals surface area contributed by atoms with Gasteiger partial charge in [-0.2, -0.15) is 0 Å². The summed E-state index contributed by atoms with van der Waals surface area (Å²) in [5.74, 6) is -0.882. The number of nitrogens with zero attached hydrogens (tertiary/aromatic N) is 1. The maximum atomic E-state index is 14.7. The van der Waals surface area contributed by atoms with E-state index in [4.69, 9.17) is 9.47 Å². The quantitative estimate of drug-likeness (QED) is 0.487. The largest absolute Gasteiger partial charge is 0.382 e. The number of aliphatic hydroxyl groups is 1. The first kappa shape index (κ1) is 24.1. The Balaban J connectivity index is 1.84. The van der Waals surface area contributed by atoms with E-state index in [-0.39, 0.29) is 11.8 Å². The molecular weight excluding hydrogens is 462 g/mol. The molecule has 5 heteroatoms. The van der Waals surface area contributed by atoms with Crippen molar-refractivity contribution in [2.75, 3.05) is 27.9 Å². The highest BCUT2D eigenvalue weighted by atomic mass is 16.5. The van der Waals surface area contributed by atoms with E-state index in [1.165, 1.54) is 0 Å². The summed E-state index contributed by atoms with van der Waals surface area (Å²) < 4.78 is 12.1. The molecule has 5 nitrogen and oxygen atoms in total. The first-order chi connectivity index (χ1) is 17.9. The standard InChI is InChI=1S/C32H33NO4/c1-5-19-30-27-22-15-9-11-17-24(22)31(26(37-4)20-36-3,25-18-12-10-16-23(25)27)28(30)32(35,33(2)29(30)34)21-13-7-6-8-14-21/h5-18,26-28,35H,1,19-20H2,2-4H3/t26-,27?,28-,30-,31?,32+/m0/s1. The fourth-order valence-electron chi connectivity index (χ4n) is 8.26. The van der Waals surface area contributed by atoms with Crippen LogP contribution in [0.5, 0.6) is 0 Å². The molecule has 3 aromatic rings. The Morgan fingerprint density at radius 1 is 0.973 bits per heavy atom. The van der Waals surface area contributed by atoms with E-state index in [9.17, 15) is 9.90 Å². The molecule has 1 heterocycles. The van der Waals surface area contributed by atoms with Gasteiger partial charge in [-0.05, 0) is 28.7 Å². The molecule has 4 atom stereocenters. The van der Waals surface area contributed by atoms with Crippen molar-refractivity contribution in [3.63, 3.8) is 0 Å². The van der Waals surface area contributed by atoms with Crippen LogP contribution in [-0.4, -0.2) is 49.9 Å². The average Bonchev–Trinajstić information content (AvgIpc) is 3.12. The van der Waals surface area contributed by atoms with Crippen LogP contribution in [0.1, 0.15) is 40.2 Å². The van der Waals surface area contributed by atoms with Crippen LogP contribution < -0.4 is 0 Å². The maximum Gasteiger partial charge on any atom is 0.232 e. The van der Waals surface area contributed by atoms with Crippen LogP contribution in [0.2, 0.25) is 0 Å². The molecule has 0 unspecified atom stereocenters. The summed E-state index contributed by atoms with van der Waals surface area (Å²) in [6.45, 7) is 4.40. The minimum atomic E-state index is -1.59. The second-order valence-corrected chi connectivity index (χ2v) is 10.6. The van der Waals surface area contributed by atoms with Gasteiger partial charge in [-0.3, -0.25) is 4.79 Å². The zero-order valence-electron chi connectivity index (χ0n) is 21.6. The lowest BCUT2D eigenvalue weighted by Gasteiger charge is -2.64. The van der Waals surface area contributed by atoms with Crippen LogP contribution in [-0.2, 0) is 25.4 Å². The predicted octanol–water partition coefficient (Wildman–Crippen LogP) is 4.59. The summed E-state index contributed by atoms with van der Waals surface area (Å²) in [5, 5.41) is 13.0. The van der Waals surface area contributed by atoms with E-state index < -0.39 is 28.6 Å². The van der Waals surface area contributed by atoms with Gasteiger partial charge in [-0.1, -0.05) is 84.9 Å². The van der Waals surface area contributed by atoms with Crippen molar-refractivity contribution >= 4 is 5.91 Å². The van der Waals surface area contributed by atoms with Crippen LogP contribution >= 0.6 is 0 Å². The van der Waals surface area contributed by atoms with Gasteiger partial charge in [0, 0.05) is 38.7 Å². The number of ether oxygens (including phenoxy) is 2. The van der Waals surface area contributed by atoms with Crippen molar-refractivity contribution in [1.29, 1.82) is 0 Å². The zero-order valence-corrected chi connectivity index (χ0v) is 21.6. The van der Waals surface area contributed by atoms with Gasteiger partial charge in [0.15, 0.2) is 5.72 Å². The van der Waals surface area contributed by atoms with E-state index in [1.54, 1.807) is 26.2 Å². The molecule has 0 spiro atoms. The average molecular weight is 496 g/mol. The smallest absolute Gasteiger partial charge is 0.232 e. The third kappa shape index (κ3) is 2.67. The topological polar surface area (TPSA) is 59.0 Å². The van der Waals surface area contributed by atoms with Crippen LogP contribution in [0.25, 0.3) is 0 Å². The lowest BCUT2D eigenvalue weighted by atomic mass is 9.38. The highest BCUT2D eigenvalue weighted by molar-refractivity contribution is 5.92. The van der Waals surface area contributed by atoms with Crippen LogP contribution in [0.3, 0.4) is 0 Å². The minimum absolute atomic E-state index is 0.0746. The van der Waals surface area contributed by atoms with Crippen molar-refractivity contribution in [2.45, 2.75) is 29.6 Å². The number of rotatable bonds is 7. The Morgan fingerprint density at radius 3 is 2.08 bits per heavy atom. The molecule has 190 valence electrons. The zero-order chi connectivity index (χ0) is 26.0. The van der Waals surface area contributed by atoms with Crippen molar-refractivity contribution < 1.29 is 19.4 Å². The molecule has 7 rings (SSSR count). The first-order valence-electron chi connectivity index (χ1n) is 12.8. The SMILES string of the molecule is C=CC[C@@]12C(=O)N(C)[C@@](O)(c3ccccc3)[C@@H]1C1([C@H](COC)OC)c3ccccc3C2c2ccccc21. The molecular formula is C32H33NO4. The molecule has 1 N–H and O–H groups in total. The molecule has 1 amide bonds. The number of amides is 1. The molecule has 37 heavy (non-hydrogen) atoms. The van der Waals surface area contributed by atoms with Gasteiger partial charge >= 0.3 is 0 Å². The van der Waals surface area contributed by atoms with Crippen LogP contribution in [0.4, 0.5) is 0 Å². The van der Waals surface area contributed by atoms with Gasteiger partial charge in [-0.25, -0.2) is 0 Å². The third-order valence-corrected chi connectivity index (χ3v) is 9.33. The summed E-state index contributed by atoms with van der Waals surface area (Å²) >= 11 is 0. The number of hydrogen-bond donors (Lipinski definition) is 1. The minimum Gasteiger partial charge on any atom is -0.382 e. The number of benzene rings is 3. The van der Waals surface area contributed by atoms with Crippen LogP contribution in [0, 0.1) is 11.3 Å². The number of methoxy groups -OCH3 is 2. The van der Waals surface area contributed by atoms with E-state index in [0.717, 1.165) is 22.3 Å². The van der Waals surface area contributed by atoms with Gasteiger partial charge in [0.2, 0.25) is 5.91 Å². The third-order valence-electron chi connectivity index (χ3n) is 9.33. The van der Waals surface area contributed by atoms with Crippen LogP contribution in [0.15, 0.2) is 91.5 Å². The highest BCUT2D eigenvalue weighted by Crippen LogP contribution is 2.75. The Kier molecular flexibility index (Phi) is 5.46. The fourth-order valence-corrected chi connectivity index (χ4v) is 8.26. The van der Waals surface area contributed by atoms with E-state index >= 15 is 0 Å². The van der Waals surface area contributed by atoms with E-state index in [1.807, 2.05) is 60.7 Å². The van der Waals surface area contributed by atoms with Crippen molar-refractivity contribution in [1.82, 2.24) is 4.90 Å². The summed E-state index contributed by atoms with van der Waals surface area (Å²) in [7, 11) is 5.10. The van der Waals surface area contributed by atoms with Gasteiger partial charge in [0.1, 0.15) is 0 Å². The molecule has 3 aliphatic carbocycles. The molecule has 3 aromatic carbocycles. The lowest BCUT2D eigenvalue weighted by Crippen LogP contribution is -2.67. The summed E-state index contributed by atoms with van der Waals surface area (Å²) in [6, 6.07) is 26.3. The Morgan fingerprint density at radius 2 is 1.54 bits per heavy atom. The monoisotopic (exact) mass is 495 g/mol. The predicted molar refractivity (Wildman–Crippen MR) is 142 cm³/mol. The Labute approximate surface area is 218 Å². The fraction of sp³-hybridized carbons (Fsp3) is 0.344.